The third-order valence-electron chi connectivity index (χ3n) is 26.4. The molecule has 2 aliphatic carbocycles. The summed E-state index contributed by atoms with van der Waals surface area (Å²) in [6, 6.07) is 4.31. The molecule has 2 saturated carbocycles. The summed E-state index contributed by atoms with van der Waals surface area (Å²) in [5, 5.41) is 71.5. The van der Waals surface area contributed by atoms with E-state index in [1.807, 2.05) is 6.92 Å². The summed E-state index contributed by atoms with van der Waals surface area (Å²) in [6.45, 7) is 26.3. The van der Waals surface area contributed by atoms with E-state index in [2.05, 4.69) is 77.0 Å². The number of allylic oxidation sites excluding steroid dienone is 2. The van der Waals surface area contributed by atoms with Crippen LogP contribution in [-0.2, 0) is 47.7 Å². The van der Waals surface area contributed by atoms with Crippen LogP contribution in [0.2, 0.25) is 0 Å². The number of aromatic hydroxyl groups is 1. The predicted octanol–water partition coefficient (Wildman–Crippen LogP) is 20.5. The van der Waals surface area contributed by atoms with E-state index < -0.39 is 42.8 Å². The molecule has 0 radical (unpaired) electrons. The van der Waals surface area contributed by atoms with Gasteiger partial charge < -0.3 is 70.8 Å². The van der Waals surface area contributed by atoms with Crippen LogP contribution < -0.4 is 28.0 Å². The number of primary amides is 2. The number of nitriles is 2. The Morgan fingerprint density at radius 1 is 0.439 bits per heavy atom. The number of hydrogen-bond donors (Lipinski definition) is 8. The van der Waals surface area contributed by atoms with Gasteiger partial charge in [0.05, 0.1) is 71.5 Å². The fourth-order valence-corrected chi connectivity index (χ4v) is 17.5. The minimum absolute atomic E-state index is 0.0373. The minimum atomic E-state index is -1.83. The summed E-state index contributed by atoms with van der Waals surface area (Å²) in [4.78, 5) is 92.3. The van der Waals surface area contributed by atoms with Gasteiger partial charge in [0.1, 0.15) is 42.9 Å². The normalized spacial score (nSPS) is 16.3. The van der Waals surface area contributed by atoms with E-state index in [0.29, 0.717) is 104 Å². The lowest BCUT2D eigenvalue weighted by molar-refractivity contribution is -0.159. The number of ether oxygens (including phenoxy) is 5. The first-order chi connectivity index (χ1) is 67.8. The van der Waals surface area contributed by atoms with E-state index in [1.54, 1.807) is 0 Å². The van der Waals surface area contributed by atoms with Gasteiger partial charge >= 0.3 is 11.7 Å². The Labute approximate surface area is 844 Å². The number of carbonyl (C=O) groups excluding carboxylic acids is 5. The van der Waals surface area contributed by atoms with E-state index in [0.717, 1.165) is 245 Å². The summed E-state index contributed by atoms with van der Waals surface area (Å²) in [5.74, 6) is -1.55. The van der Waals surface area contributed by atoms with Crippen LogP contribution >= 0.6 is 0 Å². The van der Waals surface area contributed by atoms with Gasteiger partial charge in [0.2, 0.25) is 17.7 Å². The first-order valence-corrected chi connectivity index (χ1v) is 56.4. The molecule has 1 aromatic heterocycles. The highest BCUT2D eigenvalue weighted by Crippen LogP contribution is 2.32. The maximum absolute atomic E-state index is 13.4. The number of nitrogens with one attached hydrogen (secondary N) is 1. The average molecular weight is 1970 g/mol. The van der Waals surface area contributed by atoms with Crippen LogP contribution in [0.15, 0.2) is 26.7 Å². The van der Waals surface area contributed by atoms with Gasteiger partial charge in [-0.05, 0) is 116 Å². The molecule has 2 saturated heterocycles. The van der Waals surface area contributed by atoms with Crippen molar-refractivity contribution in [1.82, 2.24) is 29.2 Å². The molecule has 0 spiro atoms. The zero-order valence-corrected chi connectivity index (χ0v) is 89.0. The number of aldehydes is 1. The molecular formula is C111H207N11O17. The minimum Gasteiger partial charge on any atom is -0.494 e. The number of ketones is 1. The molecule has 5 rings (SSSR count). The van der Waals surface area contributed by atoms with Gasteiger partial charge in [-0.2, -0.15) is 10.5 Å². The Balaban J connectivity index is 0.00000171. The Hall–Kier alpha value is -5.86. The van der Waals surface area contributed by atoms with Crippen molar-refractivity contribution >= 4 is 36.1 Å². The maximum atomic E-state index is 13.4. The molecule has 10 N–H and O–H groups in total. The number of amides is 2. The number of piperazine rings is 1. The van der Waals surface area contributed by atoms with E-state index in [1.165, 1.54) is 208 Å². The Morgan fingerprint density at radius 3 is 1.14 bits per heavy atom. The molecule has 2 aliphatic heterocycles. The van der Waals surface area contributed by atoms with E-state index in [4.69, 9.17) is 45.7 Å². The molecule has 808 valence electrons. The number of unbranched alkanes of at least 4 members (excludes halogenated alkanes) is 43. The SMILES string of the molecule is CCC=O.CCCCCCCC/C=C/CCCCCCCCCCCC(N)=O.CCCCCCCCCC(=O)C(O)C(O)C(O)C(O)COC(=O)CCCCCCC.CCCCCCCCCCCCCCCC(N)=O.N#CCCCCCN1CCOCCOCCN(CCCCCC#N)CCOCCOCC1.O=c1c(C=NCCN2CCNCC2)c(O)n(C2CCCCC2)c(=O)n1C1CCCCC1. The van der Waals surface area contributed by atoms with E-state index >= 15 is 0 Å². The van der Waals surface area contributed by atoms with Gasteiger partial charge in [-0.25, -0.2) is 4.79 Å². The molecule has 2 amide bonds. The number of esters is 1. The van der Waals surface area contributed by atoms with Gasteiger partial charge in [0, 0.05) is 122 Å². The van der Waals surface area contributed by atoms with Crippen LogP contribution in [0.1, 0.15) is 470 Å². The molecule has 4 atom stereocenters. The number of aliphatic imine (C=N–C) groups is 1. The fourth-order valence-electron chi connectivity index (χ4n) is 17.5. The Kier molecular flexibility index (Phi) is 96.6. The number of nitrogens with zero attached hydrogens (tertiary/aromatic N) is 8. The molecular weight excluding hydrogens is 1760 g/mol. The van der Waals surface area contributed by atoms with Crippen molar-refractivity contribution in [3.8, 4) is 18.0 Å². The monoisotopic (exact) mass is 1970 g/mol. The first kappa shape index (κ1) is 133. The van der Waals surface area contributed by atoms with Gasteiger partial charge in [0.25, 0.3) is 5.56 Å². The maximum Gasteiger partial charge on any atom is 0.334 e. The van der Waals surface area contributed by atoms with Crippen molar-refractivity contribution in [2.45, 2.75) is 488 Å². The molecule has 4 unspecified atom stereocenters. The zero-order chi connectivity index (χ0) is 102. The van der Waals surface area contributed by atoms with Crippen molar-refractivity contribution in [3.63, 3.8) is 0 Å². The van der Waals surface area contributed by atoms with Crippen LogP contribution in [0.3, 0.4) is 0 Å². The third-order valence-corrected chi connectivity index (χ3v) is 26.4. The second kappa shape index (κ2) is 101. The predicted molar refractivity (Wildman–Crippen MR) is 566 cm³/mol. The highest BCUT2D eigenvalue weighted by Gasteiger charge is 2.35. The molecule has 0 bridgehead atoms. The lowest BCUT2D eigenvalue weighted by Crippen LogP contribution is -2.49. The van der Waals surface area contributed by atoms with Crippen molar-refractivity contribution in [1.29, 1.82) is 10.5 Å². The summed E-state index contributed by atoms with van der Waals surface area (Å²) >= 11 is 0. The Bertz CT molecular complexity index is 3200. The van der Waals surface area contributed by atoms with Crippen LogP contribution in [0.25, 0.3) is 0 Å². The topological polar surface area (TPSA) is 410 Å². The second-order valence-corrected chi connectivity index (χ2v) is 38.8. The third kappa shape index (κ3) is 80.1. The lowest BCUT2D eigenvalue weighted by Gasteiger charge is -2.29. The molecule has 4 fully saturated rings. The van der Waals surface area contributed by atoms with E-state index in [9.17, 15) is 59.1 Å². The van der Waals surface area contributed by atoms with E-state index in [-0.39, 0.29) is 59.4 Å². The molecule has 28 nitrogen and oxygen atoms in total. The number of hydrogen-bond acceptors (Lipinski definition) is 24. The smallest absolute Gasteiger partial charge is 0.334 e. The highest BCUT2D eigenvalue weighted by molar-refractivity contribution is 5.83. The summed E-state index contributed by atoms with van der Waals surface area (Å²) < 4.78 is 30.9. The summed E-state index contributed by atoms with van der Waals surface area (Å²) in [5.41, 5.74) is 9.68. The highest BCUT2D eigenvalue weighted by atomic mass is 16.5. The van der Waals surface area contributed by atoms with Crippen LogP contribution in [0, 0.1) is 22.7 Å². The summed E-state index contributed by atoms with van der Waals surface area (Å²) in [7, 11) is 0. The lowest BCUT2D eigenvalue weighted by atomic mass is 9.94. The number of aliphatic hydroxyl groups is 4. The number of rotatable bonds is 70. The number of aliphatic hydroxyl groups excluding tert-OH is 4. The summed E-state index contributed by atoms with van der Waals surface area (Å²) in [6.07, 6.45) is 71.8. The zero-order valence-electron chi connectivity index (χ0n) is 89.0. The second-order valence-electron chi connectivity index (χ2n) is 38.8. The van der Waals surface area contributed by atoms with Crippen molar-refractivity contribution in [2.24, 2.45) is 16.5 Å². The number of Topliss-reactive ketones (excluding diaryl/α,β-unsaturated/α-hetero) is 1. The van der Waals surface area contributed by atoms with Crippen molar-refractivity contribution in [2.75, 3.05) is 138 Å². The quantitative estimate of drug-likeness (QED) is 0.00987. The number of nitrogens with two attached hydrogens (primary N) is 2. The van der Waals surface area contributed by atoms with Gasteiger partial charge in [-0.1, -0.05) is 316 Å². The fraction of sp³-hybridized carbons (Fsp3) is 0.874. The standard InChI is InChI=1S/C24H44N4O4.C23H37N5O3.C23H44O7.C22H43NO.C16H33NO.C3H6O/c25-9-5-1-3-7-11-27-13-17-29-21-23-31-19-15-28(12-8-4-2-6-10-26)16-20-32-24-22-30-18-14-27;29-21-20(17-25-13-16-26-14-11-24-12-15-26)22(30)28(19-9-5-2-6-10-19)23(31)27(21)18-7-3-1-4-8-18;1-3-5-7-9-10-12-13-15-18(24)21(27)23(29)22(28)19(25)17-30-20(26)16-14-11-8-6-4-2;1-2-3-4-5-6-7-8-9-10-11-12-13-14-15-16-17-18-19-20-21-22(23)24;1-2-3-4-5-6-7-8-9-10-11-12-13-14-15-16(17)18;1-2-3-4/h1-8,11-24H2;17-19,24,29H,1-16H2;19,21-23,25,27-29H,3-17H2,1-2H3;9-10H,2-8,11-21H2,1H3,(H2,23,24);2-15H2,1H3,(H2,17,18);3H,2H2,1H3/b;;;10-9+;;. The van der Waals surface area contributed by atoms with Crippen LogP contribution in [0.4, 0.5) is 0 Å². The molecule has 1 aromatic rings. The van der Waals surface area contributed by atoms with Gasteiger partial charge in [-0.3, -0.25) is 52.8 Å². The molecule has 4 aliphatic rings. The first-order valence-electron chi connectivity index (χ1n) is 56.4. The van der Waals surface area contributed by atoms with Crippen molar-refractivity contribution in [3.05, 3.63) is 38.6 Å². The van der Waals surface area contributed by atoms with Crippen LogP contribution in [-0.4, -0.2) is 248 Å². The molecule has 28 heteroatoms. The van der Waals surface area contributed by atoms with Crippen molar-refractivity contribution < 1.29 is 73.2 Å². The molecule has 0 aromatic carbocycles. The molecule has 3 heterocycles. The number of carbonyl (C=O) groups is 5. The average Bonchev–Trinajstić information content (AvgIpc) is 0.759. The largest absolute Gasteiger partial charge is 0.494 e. The molecule has 139 heavy (non-hydrogen) atoms. The Morgan fingerprint density at radius 2 is 0.777 bits per heavy atom. The number of aromatic nitrogens is 2. The van der Waals surface area contributed by atoms with Gasteiger partial charge in [-0.15, -0.1) is 0 Å². The van der Waals surface area contributed by atoms with Crippen LogP contribution in [0.5, 0.6) is 5.88 Å². The van der Waals surface area contributed by atoms with Gasteiger partial charge in [0.15, 0.2) is 5.78 Å².